The number of carbonyl (C=O) groups excluding carboxylic acids is 1. The van der Waals surface area contributed by atoms with Crippen LogP contribution in [0.25, 0.3) is 0 Å². The number of anilines is 2. The van der Waals surface area contributed by atoms with Gasteiger partial charge in [0.1, 0.15) is 10.7 Å². The number of piperidine rings is 1. The van der Waals surface area contributed by atoms with Crippen molar-refractivity contribution in [3.05, 3.63) is 4.88 Å². The molecule has 7 heteroatoms. The van der Waals surface area contributed by atoms with E-state index in [-0.39, 0.29) is 11.9 Å². The summed E-state index contributed by atoms with van der Waals surface area (Å²) in [6.45, 7) is 1.90. The fraction of sp³-hybridized carbons (Fsp3) is 0.600. The number of nitrogens with zero attached hydrogens (tertiary/aromatic N) is 1. The molecule has 0 aliphatic carbocycles. The van der Waals surface area contributed by atoms with Crippen molar-refractivity contribution in [2.24, 2.45) is 0 Å². The summed E-state index contributed by atoms with van der Waals surface area (Å²) in [7, 11) is 1.76. The Bertz CT molecular complexity index is 399. The molecule has 0 spiro atoms. The molecule has 0 aromatic carbocycles. The number of nitrogens with one attached hydrogen (secondary N) is 3. The number of carbonyl (C=O) groups is 1. The highest BCUT2D eigenvalue weighted by atomic mass is 32.1. The summed E-state index contributed by atoms with van der Waals surface area (Å²) < 4.78 is 0. The Morgan fingerprint density at radius 3 is 2.82 bits per heavy atom. The maximum atomic E-state index is 12.0. The predicted molar refractivity (Wildman–Crippen MR) is 69.4 cm³/mol. The summed E-state index contributed by atoms with van der Waals surface area (Å²) in [6.07, 6.45) is 1.92. The van der Waals surface area contributed by atoms with Gasteiger partial charge in [0.25, 0.3) is 5.91 Å². The molecule has 17 heavy (non-hydrogen) atoms. The number of hydrogen-bond donors (Lipinski definition) is 4. The van der Waals surface area contributed by atoms with E-state index in [4.69, 9.17) is 5.73 Å². The number of aromatic nitrogens is 1. The smallest absolute Gasteiger partial charge is 0.265 e. The second-order valence-electron chi connectivity index (χ2n) is 3.98. The molecule has 1 fully saturated rings. The Morgan fingerprint density at radius 2 is 2.24 bits per heavy atom. The molecule has 1 aliphatic rings. The normalized spacial score (nSPS) is 16.8. The van der Waals surface area contributed by atoms with Gasteiger partial charge in [0, 0.05) is 13.1 Å². The van der Waals surface area contributed by atoms with Crippen LogP contribution in [0.15, 0.2) is 0 Å². The molecule has 0 atom stereocenters. The molecule has 1 amide bonds. The first-order valence-corrected chi connectivity index (χ1v) is 6.48. The van der Waals surface area contributed by atoms with Crippen molar-refractivity contribution in [2.45, 2.75) is 18.9 Å². The fourth-order valence-corrected chi connectivity index (χ4v) is 2.56. The van der Waals surface area contributed by atoms with Crippen molar-refractivity contribution in [3.63, 3.8) is 0 Å². The second-order valence-corrected chi connectivity index (χ2v) is 4.98. The number of amides is 1. The van der Waals surface area contributed by atoms with E-state index in [0.29, 0.717) is 15.8 Å². The summed E-state index contributed by atoms with van der Waals surface area (Å²) in [5.41, 5.74) is 5.71. The van der Waals surface area contributed by atoms with Gasteiger partial charge >= 0.3 is 0 Å². The zero-order chi connectivity index (χ0) is 12.3. The molecule has 5 N–H and O–H groups in total. The van der Waals surface area contributed by atoms with Crippen molar-refractivity contribution in [3.8, 4) is 0 Å². The lowest BCUT2D eigenvalue weighted by Gasteiger charge is -2.23. The molecule has 0 bridgehead atoms. The molecule has 94 valence electrons. The molecule has 6 nitrogen and oxygen atoms in total. The average Bonchev–Trinajstić information content (AvgIpc) is 2.72. The molecule has 1 aliphatic heterocycles. The van der Waals surface area contributed by atoms with Gasteiger partial charge in [-0.3, -0.25) is 4.79 Å². The quantitative estimate of drug-likeness (QED) is 0.621. The molecular weight excluding hydrogens is 238 g/mol. The highest BCUT2D eigenvalue weighted by Gasteiger charge is 2.20. The third kappa shape index (κ3) is 2.86. The molecule has 2 rings (SSSR count). The highest BCUT2D eigenvalue weighted by molar-refractivity contribution is 7.18. The number of nitrogen functional groups attached to an aromatic ring is 1. The first kappa shape index (κ1) is 12.1. The Kier molecular flexibility index (Phi) is 3.80. The van der Waals surface area contributed by atoms with Crippen LogP contribution in [0.3, 0.4) is 0 Å². The van der Waals surface area contributed by atoms with Crippen LogP contribution in [0.4, 0.5) is 10.9 Å². The van der Waals surface area contributed by atoms with E-state index in [9.17, 15) is 4.79 Å². The molecule has 2 heterocycles. The molecule has 1 aromatic rings. The number of nitrogens with two attached hydrogens (primary N) is 1. The van der Waals surface area contributed by atoms with Crippen molar-refractivity contribution >= 4 is 28.2 Å². The first-order valence-electron chi connectivity index (χ1n) is 5.66. The van der Waals surface area contributed by atoms with E-state index in [0.717, 1.165) is 25.9 Å². The molecule has 0 radical (unpaired) electrons. The van der Waals surface area contributed by atoms with Crippen LogP contribution < -0.4 is 21.7 Å². The zero-order valence-corrected chi connectivity index (χ0v) is 10.6. The van der Waals surface area contributed by atoms with Crippen molar-refractivity contribution in [1.82, 2.24) is 15.6 Å². The molecular formula is C10H17N5OS. The standard InChI is InChI=1S/C10H17N5OS/c1-12-10-15-8(11)7(17-10)9(16)14-6-2-4-13-5-3-6/h6,13H,2-5,11H2,1H3,(H,12,15)(H,14,16). The monoisotopic (exact) mass is 255 g/mol. The first-order chi connectivity index (χ1) is 8.20. The largest absolute Gasteiger partial charge is 0.382 e. The summed E-state index contributed by atoms with van der Waals surface area (Å²) in [5, 5.41) is 9.80. The maximum absolute atomic E-state index is 12.0. The molecule has 1 saturated heterocycles. The van der Waals surface area contributed by atoms with Gasteiger partial charge in [-0.05, 0) is 25.9 Å². The summed E-state index contributed by atoms with van der Waals surface area (Å²) in [4.78, 5) is 16.5. The van der Waals surface area contributed by atoms with Gasteiger partial charge < -0.3 is 21.7 Å². The van der Waals surface area contributed by atoms with Gasteiger partial charge in [-0.2, -0.15) is 0 Å². The average molecular weight is 255 g/mol. The summed E-state index contributed by atoms with van der Waals surface area (Å²) >= 11 is 1.28. The fourth-order valence-electron chi connectivity index (χ4n) is 1.82. The van der Waals surface area contributed by atoms with Crippen LogP contribution in [0.5, 0.6) is 0 Å². The highest BCUT2D eigenvalue weighted by Crippen LogP contribution is 2.24. The van der Waals surface area contributed by atoms with Gasteiger partial charge in [0.05, 0.1) is 0 Å². The number of hydrogen-bond acceptors (Lipinski definition) is 6. The van der Waals surface area contributed by atoms with Crippen LogP contribution in [0.2, 0.25) is 0 Å². The van der Waals surface area contributed by atoms with Gasteiger partial charge in [-0.1, -0.05) is 11.3 Å². The third-order valence-corrected chi connectivity index (χ3v) is 3.84. The van der Waals surface area contributed by atoms with E-state index >= 15 is 0 Å². The molecule has 0 saturated carbocycles. The summed E-state index contributed by atoms with van der Waals surface area (Å²) in [6, 6.07) is 0.239. The van der Waals surface area contributed by atoms with Gasteiger partial charge in [0.15, 0.2) is 5.13 Å². The van der Waals surface area contributed by atoms with Crippen LogP contribution in [-0.4, -0.2) is 37.1 Å². The number of rotatable bonds is 3. The van der Waals surface area contributed by atoms with Gasteiger partial charge in [-0.15, -0.1) is 0 Å². The van der Waals surface area contributed by atoms with E-state index < -0.39 is 0 Å². The number of thiazole rings is 1. The van der Waals surface area contributed by atoms with Crippen molar-refractivity contribution < 1.29 is 4.79 Å². The van der Waals surface area contributed by atoms with E-state index in [1.807, 2.05) is 0 Å². The maximum Gasteiger partial charge on any atom is 0.265 e. The van der Waals surface area contributed by atoms with Crippen molar-refractivity contribution in [1.29, 1.82) is 0 Å². The van der Waals surface area contributed by atoms with Crippen LogP contribution in [0, 0.1) is 0 Å². The van der Waals surface area contributed by atoms with Crippen LogP contribution >= 0.6 is 11.3 Å². The van der Waals surface area contributed by atoms with Gasteiger partial charge in [-0.25, -0.2) is 4.98 Å². The Labute approximate surface area is 104 Å². The van der Waals surface area contributed by atoms with Crippen LogP contribution in [-0.2, 0) is 0 Å². The second kappa shape index (κ2) is 5.33. The van der Waals surface area contributed by atoms with E-state index in [1.54, 1.807) is 7.05 Å². The van der Waals surface area contributed by atoms with E-state index in [2.05, 4.69) is 20.9 Å². The lowest BCUT2D eigenvalue weighted by atomic mass is 10.1. The Morgan fingerprint density at radius 1 is 1.53 bits per heavy atom. The Hall–Kier alpha value is -1.34. The minimum absolute atomic E-state index is 0.117. The molecule has 1 aromatic heterocycles. The van der Waals surface area contributed by atoms with Gasteiger partial charge in [0.2, 0.25) is 0 Å². The lowest BCUT2D eigenvalue weighted by molar-refractivity contribution is 0.0934. The topological polar surface area (TPSA) is 92.1 Å². The van der Waals surface area contributed by atoms with Crippen molar-refractivity contribution in [2.75, 3.05) is 31.2 Å². The predicted octanol–water partition coefficient (Wildman–Crippen LogP) is 0.249. The van der Waals surface area contributed by atoms with E-state index in [1.165, 1.54) is 11.3 Å². The summed E-state index contributed by atoms with van der Waals surface area (Å²) in [5.74, 6) is 0.180. The third-order valence-electron chi connectivity index (χ3n) is 2.75. The molecule has 0 unspecified atom stereocenters. The minimum atomic E-state index is -0.117. The SMILES string of the molecule is CNc1nc(N)c(C(=O)NC2CCNCC2)s1. The lowest BCUT2D eigenvalue weighted by Crippen LogP contribution is -2.42. The minimum Gasteiger partial charge on any atom is -0.382 e. The zero-order valence-electron chi connectivity index (χ0n) is 9.75. The Balaban J connectivity index is 2.00. The van der Waals surface area contributed by atoms with Crippen LogP contribution in [0.1, 0.15) is 22.5 Å².